The van der Waals surface area contributed by atoms with Gasteiger partial charge in [0, 0.05) is 44.0 Å². The number of nitrogens with one attached hydrogen (secondary N) is 1. The van der Waals surface area contributed by atoms with Gasteiger partial charge in [-0.1, -0.05) is 0 Å². The van der Waals surface area contributed by atoms with Crippen LogP contribution in [0, 0.1) is 12.7 Å². The van der Waals surface area contributed by atoms with Gasteiger partial charge in [0.2, 0.25) is 0 Å². The lowest BCUT2D eigenvalue weighted by molar-refractivity contribution is 0.0697. The lowest BCUT2D eigenvalue weighted by atomic mass is 10.1. The standard InChI is InChI=1S/C16H19FN4O2/c1-11-13(9-18-19-11)10-20-4-6-21(7-5-20)15-8-12(16(22)23)2-3-14(15)17/h2-3,8-9H,4-7,10H2,1H3,(H,18,19)(H,22,23). The van der Waals surface area contributed by atoms with Crippen molar-refractivity contribution in [1.29, 1.82) is 0 Å². The monoisotopic (exact) mass is 318 g/mol. The number of carboxylic acids is 1. The van der Waals surface area contributed by atoms with Crippen molar-refractivity contribution in [2.75, 3.05) is 31.1 Å². The molecule has 122 valence electrons. The van der Waals surface area contributed by atoms with Crippen LogP contribution in [-0.2, 0) is 6.54 Å². The maximum atomic E-state index is 14.0. The number of H-pyrrole nitrogens is 1. The zero-order valence-corrected chi connectivity index (χ0v) is 12.9. The zero-order valence-electron chi connectivity index (χ0n) is 12.9. The van der Waals surface area contributed by atoms with Crippen LogP contribution in [0.1, 0.15) is 21.6 Å². The van der Waals surface area contributed by atoms with Crippen LogP contribution in [0.25, 0.3) is 0 Å². The number of aromatic nitrogens is 2. The van der Waals surface area contributed by atoms with Gasteiger partial charge in [0.25, 0.3) is 0 Å². The fourth-order valence-corrected chi connectivity index (χ4v) is 2.81. The molecule has 0 spiro atoms. The highest BCUT2D eigenvalue weighted by Gasteiger charge is 2.21. The second-order valence-corrected chi connectivity index (χ2v) is 5.75. The first-order valence-electron chi connectivity index (χ1n) is 7.53. The van der Waals surface area contributed by atoms with E-state index in [1.54, 1.807) is 0 Å². The number of piperazine rings is 1. The van der Waals surface area contributed by atoms with Crippen LogP contribution in [0.15, 0.2) is 24.4 Å². The molecule has 1 fully saturated rings. The fourth-order valence-electron chi connectivity index (χ4n) is 2.81. The third-order valence-electron chi connectivity index (χ3n) is 4.23. The average molecular weight is 318 g/mol. The Morgan fingerprint density at radius 3 is 2.70 bits per heavy atom. The van der Waals surface area contributed by atoms with E-state index in [4.69, 9.17) is 5.11 Å². The molecule has 0 bridgehead atoms. The van der Waals surface area contributed by atoms with Crippen LogP contribution in [0.2, 0.25) is 0 Å². The second-order valence-electron chi connectivity index (χ2n) is 5.75. The summed E-state index contributed by atoms with van der Waals surface area (Å²) >= 11 is 0. The SMILES string of the molecule is Cc1[nH]ncc1CN1CCN(c2cc(C(=O)O)ccc2F)CC1. The van der Waals surface area contributed by atoms with E-state index in [9.17, 15) is 9.18 Å². The number of carboxylic acid groups (broad SMARTS) is 1. The van der Waals surface area contributed by atoms with E-state index in [0.29, 0.717) is 18.8 Å². The van der Waals surface area contributed by atoms with Crippen LogP contribution in [0.5, 0.6) is 0 Å². The topological polar surface area (TPSA) is 72.5 Å². The van der Waals surface area contributed by atoms with Crippen LogP contribution in [0.3, 0.4) is 0 Å². The molecule has 1 saturated heterocycles. The number of aryl methyl sites for hydroxylation is 1. The maximum Gasteiger partial charge on any atom is 0.335 e. The molecule has 3 rings (SSSR count). The Balaban J connectivity index is 1.66. The minimum absolute atomic E-state index is 0.109. The number of rotatable bonds is 4. The Morgan fingerprint density at radius 1 is 1.35 bits per heavy atom. The van der Waals surface area contributed by atoms with Crippen molar-refractivity contribution >= 4 is 11.7 Å². The number of nitrogens with zero attached hydrogens (tertiary/aromatic N) is 3. The minimum atomic E-state index is -1.04. The van der Waals surface area contributed by atoms with E-state index in [0.717, 1.165) is 30.9 Å². The maximum absolute atomic E-state index is 14.0. The van der Waals surface area contributed by atoms with E-state index in [-0.39, 0.29) is 11.4 Å². The van der Waals surface area contributed by atoms with Crippen molar-refractivity contribution in [3.8, 4) is 0 Å². The van der Waals surface area contributed by atoms with Crippen molar-refractivity contribution < 1.29 is 14.3 Å². The summed E-state index contributed by atoms with van der Waals surface area (Å²) in [5.41, 5.74) is 2.70. The number of benzene rings is 1. The first kappa shape index (κ1) is 15.5. The van der Waals surface area contributed by atoms with Gasteiger partial charge in [0.15, 0.2) is 0 Å². The quantitative estimate of drug-likeness (QED) is 0.900. The lowest BCUT2D eigenvalue weighted by Gasteiger charge is -2.36. The molecule has 1 aromatic carbocycles. The molecular formula is C16H19FN4O2. The molecule has 7 heteroatoms. The highest BCUT2D eigenvalue weighted by atomic mass is 19.1. The molecule has 1 aromatic heterocycles. The molecule has 23 heavy (non-hydrogen) atoms. The highest BCUT2D eigenvalue weighted by Crippen LogP contribution is 2.23. The average Bonchev–Trinajstić information content (AvgIpc) is 2.93. The van der Waals surface area contributed by atoms with E-state index >= 15 is 0 Å². The number of hydrogen-bond donors (Lipinski definition) is 2. The Bertz CT molecular complexity index is 708. The van der Waals surface area contributed by atoms with Crippen molar-refractivity contribution in [2.24, 2.45) is 0 Å². The van der Waals surface area contributed by atoms with E-state index in [2.05, 4.69) is 15.1 Å². The van der Waals surface area contributed by atoms with Crippen molar-refractivity contribution in [2.45, 2.75) is 13.5 Å². The molecule has 0 saturated carbocycles. The van der Waals surface area contributed by atoms with Crippen LogP contribution < -0.4 is 4.90 Å². The van der Waals surface area contributed by atoms with Crippen molar-refractivity contribution in [1.82, 2.24) is 15.1 Å². The first-order valence-corrected chi connectivity index (χ1v) is 7.53. The molecule has 0 atom stereocenters. The summed E-state index contributed by atoms with van der Waals surface area (Å²) in [6, 6.07) is 3.92. The summed E-state index contributed by atoms with van der Waals surface area (Å²) < 4.78 is 14.0. The number of anilines is 1. The highest BCUT2D eigenvalue weighted by molar-refractivity contribution is 5.88. The van der Waals surface area contributed by atoms with Crippen molar-refractivity contribution in [3.05, 3.63) is 47.0 Å². The molecular weight excluding hydrogens is 299 g/mol. The predicted molar refractivity (Wildman–Crippen MR) is 84.2 cm³/mol. The number of aromatic carboxylic acids is 1. The van der Waals surface area contributed by atoms with E-state index in [1.165, 1.54) is 18.2 Å². The van der Waals surface area contributed by atoms with Crippen LogP contribution in [0.4, 0.5) is 10.1 Å². The van der Waals surface area contributed by atoms with Gasteiger partial charge >= 0.3 is 5.97 Å². The van der Waals surface area contributed by atoms with Gasteiger partial charge in [0.05, 0.1) is 17.4 Å². The molecule has 1 aliphatic rings. The van der Waals surface area contributed by atoms with E-state index < -0.39 is 5.97 Å². The molecule has 0 amide bonds. The van der Waals surface area contributed by atoms with Gasteiger partial charge in [0.1, 0.15) is 5.82 Å². The van der Waals surface area contributed by atoms with Crippen molar-refractivity contribution in [3.63, 3.8) is 0 Å². The summed E-state index contributed by atoms with van der Waals surface area (Å²) in [5, 5.41) is 16.0. The largest absolute Gasteiger partial charge is 0.478 e. The Kier molecular flexibility index (Phi) is 4.29. The third kappa shape index (κ3) is 3.34. The number of carbonyl (C=O) groups is 1. The summed E-state index contributed by atoms with van der Waals surface area (Å²) in [4.78, 5) is 15.2. The normalized spacial score (nSPS) is 15.8. The smallest absolute Gasteiger partial charge is 0.335 e. The minimum Gasteiger partial charge on any atom is -0.478 e. The van der Waals surface area contributed by atoms with Gasteiger partial charge in [-0.05, 0) is 25.1 Å². The predicted octanol–water partition coefficient (Wildman–Crippen LogP) is 1.88. The van der Waals surface area contributed by atoms with Gasteiger partial charge < -0.3 is 10.0 Å². The van der Waals surface area contributed by atoms with Crippen LogP contribution in [-0.4, -0.2) is 52.4 Å². The van der Waals surface area contributed by atoms with Gasteiger partial charge in [-0.25, -0.2) is 9.18 Å². The molecule has 0 unspecified atom stereocenters. The lowest BCUT2D eigenvalue weighted by Crippen LogP contribution is -2.46. The Hall–Kier alpha value is -2.41. The summed E-state index contributed by atoms with van der Waals surface area (Å²) in [6.07, 6.45) is 1.83. The molecule has 2 aromatic rings. The van der Waals surface area contributed by atoms with Crippen LogP contribution >= 0.6 is 0 Å². The molecule has 0 radical (unpaired) electrons. The Morgan fingerprint density at radius 2 is 2.09 bits per heavy atom. The molecule has 6 nitrogen and oxygen atoms in total. The number of aromatic amines is 1. The molecule has 2 N–H and O–H groups in total. The zero-order chi connectivity index (χ0) is 16.4. The van der Waals surface area contributed by atoms with Gasteiger partial charge in [-0.3, -0.25) is 10.00 Å². The molecule has 0 aliphatic carbocycles. The van der Waals surface area contributed by atoms with Gasteiger partial charge in [-0.15, -0.1) is 0 Å². The Labute approximate surface area is 133 Å². The van der Waals surface area contributed by atoms with E-state index in [1.807, 2.05) is 18.0 Å². The van der Waals surface area contributed by atoms with Gasteiger partial charge in [-0.2, -0.15) is 5.10 Å². The molecule has 2 heterocycles. The third-order valence-corrected chi connectivity index (χ3v) is 4.23. The second kappa shape index (κ2) is 6.37. The number of hydrogen-bond acceptors (Lipinski definition) is 4. The fraction of sp³-hybridized carbons (Fsp3) is 0.375. The first-order chi connectivity index (χ1) is 11.0. The summed E-state index contributed by atoms with van der Waals surface area (Å²) in [6.45, 7) is 5.72. The number of halogens is 1. The molecule has 1 aliphatic heterocycles. The summed E-state index contributed by atoms with van der Waals surface area (Å²) in [7, 11) is 0. The summed E-state index contributed by atoms with van der Waals surface area (Å²) in [5.74, 6) is -1.42.